The van der Waals surface area contributed by atoms with Crippen molar-refractivity contribution in [3.63, 3.8) is 0 Å². The minimum atomic E-state index is -4.99. The van der Waals surface area contributed by atoms with E-state index in [4.69, 9.17) is 0 Å². The van der Waals surface area contributed by atoms with Crippen molar-refractivity contribution in [2.45, 2.75) is 19.0 Å². The van der Waals surface area contributed by atoms with Gasteiger partial charge in [0.15, 0.2) is 0 Å². The van der Waals surface area contributed by atoms with Crippen LogP contribution >= 0.6 is 0 Å². The van der Waals surface area contributed by atoms with Gasteiger partial charge in [0.2, 0.25) is 0 Å². The highest BCUT2D eigenvalue weighted by atomic mass is 19.4. The van der Waals surface area contributed by atoms with Crippen LogP contribution in [0.4, 0.5) is 22.0 Å². The number of hydrogen-bond donors (Lipinski definition) is 2. The second-order valence-electron chi connectivity index (χ2n) is 7.13. The average molecular weight is 441 g/mol. The molecule has 1 aliphatic heterocycles. The Morgan fingerprint density at radius 3 is 2.22 bits per heavy atom. The van der Waals surface area contributed by atoms with E-state index in [1.165, 1.54) is 12.1 Å². The molecule has 160 valence electrons. The molecular formula is C22H12F5N5. The topological polar surface area (TPSA) is 88.3 Å². The SMILES string of the molecule is Cc1n[nH]c2ccc(C3C(C#N)=C(c4cc(F)cc(F)c4)NC(C(F)(F)F)=C3C#N)cc12. The molecule has 2 heterocycles. The second kappa shape index (κ2) is 7.50. The molecule has 2 aromatic carbocycles. The summed E-state index contributed by atoms with van der Waals surface area (Å²) >= 11 is 0. The molecule has 1 unspecified atom stereocenters. The van der Waals surface area contributed by atoms with E-state index in [0.29, 0.717) is 22.7 Å². The van der Waals surface area contributed by atoms with Gasteiger partial charge in [-0.2, -0.15) is 28.8 Å². The van der Waals surface area contributed by atoms with E-state index in [-0.39, 0.29) is 16.7 Å². The van der Waals surface area contributed by atoms with Crippen LogP contribution in [0, 0.1) is 41.2 Å². The minimum absolute atomic E-state index is 0.229. The number of nitrogens with zero attached hydrogens (tertiary/aromatic N) is 3. The van der Waals surface area contributed by atoms with Crippen LogP contribution in [-0.4, -0.2) is 16.4 Å². The molecule has 10 heteroatoms. The number of nitriles is 2. The molecule has 5 nitrogen and oxygen atoms in total. The predicted molar refractivity (Wildman–Crippen MR) is 104 cm³/mol. The minimum Gasteiger partial charge on any atom is -0.349 e. The first-order valence-electron chi connectivity index (χ1n) is 9.18. The summed E-state index contributed by atoms with van der Waals surface area (Å²) in [6.07, 6.45) is -4.99. The number of alkyl halides is 3. The Morgan fingerprint density at radius 1 is 0.969 bits per heavy atom. The van der Waals surface area contributed by atoms with E-state index in [0.717, 1.165) is 12.1 Å². The molecule has 3 aromatic rings. The van der Waals surface area contributed by atoms with E-state index in [2.05, 4.69) is 10.2 Å². The van der Waals surface area contributed by atoms with Crippen molar-refractivity contribution >= 4 is 16.6 Å². The molecule has 0 bridgehead atoms. The van der Waals surface area contributed by atoms with Crippen molar-refractivity contribution in [3.05, 3.63) is 81.7 Å². The summed E-state index contributed by atoms with van der Waals surface area (Å²) in [5.41, 5.74) is -1.69. The van der Waals surface area contributed by atoms with Crippen LogP contribution in [0.25, 0.3) is 16.6 Å². The first-order valence-corrected chi connectivity index (χ1v) is 9.18. The Labute approximate surface area is 178 Å². The maximum Gasteiger partial charge on any atom is 0.432 e. The van der Waals surface area contributed by atoms with Crippen LogP contribution in [0.3, 0.4) is 0 Å². The Hall–Kier alpha value is -4.18. The zero-order valence-electron chi connectivity index (χ0n) is 16.3. The van der Waals surface area contributed by atoms with Crippen molar-refractivity contribution < 1.29 is 22.0 Å². The van der Waals surface area contributed by atoms with Gasteiger partial charge in [-0.15, -0.1) is 0 Å². The van der Waals surface area contributed by atoms with Crippen molar-refractivity contribution in [3.8, 4) is 12.1 Å². The van der Waals surface area contributed by atoms with Crippen LogP contribution in [0.15, 0.2) is 53.2 Å². The Morgan fingerprint density at radius 2 is 1.62 bits per heavy atom. The number of nitrogens with one attached hydrogen (secondary N) is 2. The summed E-state index contributed by atoms with van der Waals surface area (Å²) in [5.74, 6) is -3.47. The zero-order chi connectivity index (χ0) is 23.2. The molecule has 1 aromatic heterocycles. The van der Waals surface area contributed by atoms with Gasteiger partial charge in [-0.05, 0) is 36.8 Å². The number of hydrogen-bond acceptors (Lipinski definition) is 4. The van der Waals surface area contributed by atoms with E-state index in [1.54, 1.807) is 19.1 Å². The molecule has 1 aliphatic rings. The van der Waals surface area contributed by atoms with Gasteiger partial charge >= 0.3 is 6.18 Å². The molecular weight excluding hydrogens is 429 g/mol. The fraction of sp³-hybridized carbons (Fsp3) is 0.136. The number of halogens is 5. The summed E-state index contributed by atoms with van der Waals surface area (Å²) in [4.78, 5) is 0. The molecule has 0 spiro atoms. The molecule has 0 saturated carbocycles. The number of aryl methyl sites for hydroxylation is 1. The quantitative estimate of drug-likeness (QED) is 0.541. The number of fused-ring (bicyclic) bond motifs is 1. The monoisotopic (exact) mass is 441 g/mol. The van der Waals surface area contributed by atoms with Crippen molar-refractivity contribution in [2.75, 3.05) is 0 Å². The highest BCUT2D eigenvalue weighted by molar-refractivity contribution is 5.84. The summed E-state index contributed by atoms with van der Waals surface area (Å²) in [6, 6.07) is 10.2. The number of dihydropyridines is 1. The molecule has 0 radical (unpaired) electrons. The number of aromatic nitrogens is 2. The zero-order valence-corrected chi connectivity index (χ0v) is 16.3. The third-order valence-electron chi connectivity index (χ3n) is 5.15. The summed E-state index contributed by atoms with van der Waals surface area (Å²) in [6.45, 7) is 1.69. The standard InChI is InChI=1S/C22H12F5N5/c1-10-15-6-11(2-3-18(15)32-31-10)19-16(8-28)20(12-4-13(23)7-14(24)5-12)30-21(17(19)9-29)22(25,26)27/h2-7,19,30H,1H3,(H,31,32). The lowest BCUT2D eigenvalue weighted by atomic mass is 9.79. The predicted octanol–water partition coefficient (Wildman–Crippen LogP) is 5.11. The third-order valence-corrected chi connectivity index (χ3v) is 5.15. The molecule has 2 N–H and O–H groups in total. The maximum atomic E-state index is 13.9. The molecule has 4 rings (SSSR count). The smallest absolute Gasteiger partial charge is 0.349 e. The van der Waals surface area contributed by atoms with Gasteiger partial charge in [-0.25, -0.2) is 8.78 Å². The molecule has 0 fully saturated rings. The van der Waals surface area contributed by atoms with Gasteiger partial charge in [0.1, 0.15) is 17.3 Å². The fourth-order valence-electron chi connectivity index (χ4n) is 3.76. The number of aromatic amines is 1. The van der Waals surface area contributed by atoms with Crippen LogP contribution < -0.4 is 5.32 Å². The second-order valence-corrected chi connectivity index (χ2v) is 7.13. The lowest BCUT2D eigenvalue weighted by Crippen LogP contribution is -2.33. The van der Waals surface area contributed by atoms with Crippen LogP contribution in [0.1, 0.15) is 22.7 Å². The van der Waals surface area contributed by atoms with Crippen molar-refractivity contribution in [1.29, 1.82) is 10.5 Å². The van der Waals surface area contributed by atoms with E-state index < -0.39 is 40.7 Å². The number of H-pyrrole nitrogens is 1. The molecule has 32 heavy (non-hydrogen) atoms. The Kier molecular flexibility index (Phi) is 4.94. The van der Waals surface area contributed by atoms with E-state index in [1.807, 2.05) is 11.4 Å². The first-order chi connectivity index (χ1) is 15.1. The van der Waals surface area contributed by atoms with Crippen LogP contribution in [-0.2, 0) is 0 Å². The number of allylic oxidation sites excluding steroid dienone is 3. The van der Waals surface area contributed by atoms with Gasteiger partial charge in [-0.1, -0.05) is 6.07 Å². The largest absolute Gasteiger partial charge is 0.432 e. The summed E-state index contributed by atoms with van der Waals surface area (Å²) in [7, 11) is 0. The van der Waals surface area contributed by atoms with Crippen LogP contribution in [0.2, 0.25) is 0 Å². The molecule has 0 saturated heterocycles. The van der Waals surface area contributed by atoms with Gasteiger partial charge in [0.25, 0.3) is 0 Å². The van der Waals surface area contributed by atoms with Crippen molar-refractivity contribution in [2.24, 2.45) is 0 Å². The molecule has 0 amide bonds. The van der Waals surface area contributed by atoms with Gasteiger partial charge in [0, 0.05) is 17.0 Å². The lowest BCUT2D eigenvalue weighted by molar-refractivity contribution is -0.0962. The average Bonchev–Trinajstić information content (AvgIpc) is 3.10. The fourth-order valence-corrected chi connectivity index (χ4v) is 3.76. The number of benzene rings is 2. The maximum absolute atomic E-state index is 13.9. The van der Waals surface area contributed by atoms with Crippen molar-refractivity contribution in [1.82, 2.24) is 15.5 Å². The van der Waals surface area contributed by atoms with Crippen LogP contribution in [0.5, 0.6) is 0 Å². The first kappa shape index (κ1) is 21.1. The highest BCUT2D eigenvalue weighted by Crippen LogP contribution is 2.44. The summed E-state index contributed by atoms with van der Waals surface area (Å²) in [5, 5.41) is 28.9. The number of rotatable bonds is 2. The van der Waals surface area contributed by atoms with Gasteiger partial charge in [0.05, 0.1) is 46.1 Å². The highest BCUT2D eigenvalue weighted by Gasteiger charge is 2.44. The van der Waals surface area contributed by atoms with Gasteiger partial charge < -0.3 is 5.32 Å². The van der Waals surface area contributed by atoms with Gasteiger partial charge in [-0.3, -0.25) is 5.10 Å². The third kappa shape index (κ3) is 3.46. The summed E-state index contributed by atoms with van der Waals surface area (Å²) < 4.78 is 69.3. The molecule has 1 atom stereocenters. The Bertz CT molecular complexity index is 1380. The normalized spacial score (nSPS) is 16.7. The Balaban J connectivity index is 2.04. The van der Waals surface area contributed by atoms with E-state index >= 15 is 0 Å². The van der Waals surface area contributed by atoms with E-state index in [9.17, 15) is 32.5 Å². The lowest BCUT2D eigenvalue weighted by Gasteiger charge is -2.30. The molecule has 0 aliphatic carbocycles.